The monoisotopic (exact) mass is 360 g/mol. The first-order chi connectivity index (χ1) is 13.3. The van der Waals surface area contributed by atoms with Crippen molar-refractivity contribution in [3.8, 4) is 0 Å². The number of hydrogen-bond donors (Lipinski definition) is 0. The summed E-state index contributed by atoms with van der Waals surface area (Å²) in [6, 6.07) is 28.8. The van der Waals surface area contributed by atoms with Crippen LogP contribution in [-0.4, -0.2) is 31.1 Å². The molecule has 1 unspecified atom stereocenters. The molecule has 1 aliphatic heterocycles. The second kappa shape index (κ2) is 8.36. The van der Waals surface area contributed by atoms with Crippen molar-refractivity contribution in [2.75, 3.05) is 31.1 Å². The summed E-state index contributed by atoms with van der Waals surface area (Å²) in [7, 11) is 0. The Morgan fingerprint density at radius 3 is 1.93 bits per heavy atom. The van der Waals surface area contributed by atoms with Gasteiger partial charge in [-0.1, -0.05) is 60.7 Å². The third-order valence-electron chi connectivity index (χ3n) is 5.40. The molecule has 1 saturated heterocycles. The van der Waals surface area contributed by atoms with Gasteiger partial charge < -0.3 is 4.90 Å². The van der Waals surface area contributed by atoms with E-state index in [1.807, 2.05) is 12.1 Å². The number of halogens is 1. The van der Waals surface area contributed by atoms with Crippen molar-refractivity contribution in [1.29, 1.82) is 0 Å². The molecule has 0 aliphatic carbocycles. The summed E-state index contributed by atoms with van der Waals surface area (Å²) in [6.45, 7) is 3.93. The molecule has 0 bridgehead atoms. The van der Waals surface area contributed by atoms with Crippen molar-refractivity contribution in [2.45, 2.75) is 12.5 Å². The Hall–Kier alpha value is -2.65. The van der Waals surface area contributed by atoms with Gasteiger partial charge in [-0.05, 0) is 41.8 Å². The van der Waals surface area contributed by atoms with Crippen LogP contribution in [0.15, 0.2) is 84.9 Å². The van der Waals surface area contributed by atoms with E-state index >= 15 is 0 Å². The maximum Gasteiger partial charge on any atom is 0.123 e. The molecule has 1 aliphatic rings. The van der Waals surface area contributed by atoms with Crippen LogP contribution in [0.2, 0.25) is 0 Å². The fraction of sp³-hybridized carbons (Fsp3) is 0.250. The van der Waals surface area contributed by atoms with Crippen LogP contribution >= 0.6 is 0 Å². The summed E-state index contributed by atoms with van der Waals surface area (Å²) in [5.41, 5.74) is 3.85. The summed E-state index contributed by atoms with van der Waals surface area (Å²) < 4.78 is 13.2. The van der Waals surface area contributed by atoms with E-state index in [4.69, 9.17) is 0 Å². The van der Waals surface area contributed by atoms with Gasteiger partial charge in [-0.3, -0.25) is 4.90 Å². The Balaban J connectivity index is 1.49. The lowest BCUT2D eigenvalue weighted by Crippen LogP contribution is -2.48. The largest absolute Gasteiger partial charge is 0.369 e. The van der Waals surface area contributed by atoms with Crippen molar-refractivity contribution in [3.63, 3.8) is 0 Å². The predicted molar refractivity (Wildman–Crippen MR) is 110 cm³/mol. The molecule has 0 saturated carbocycles. The Kier molecular flexibility index (Phi) is 5.50. The van der Waals surface area contributed by atoms with E-state index in [0.29, 0.717) is 6.04 Å². The first-order valence-corrected chi connectivity index (χ1v) is 9.63. The summed E-state index contributed by atoms with van der Waals surface area (Å²) in [6.07, 6.45) is 1.02. The van der Waals surface area contributed by atoms with Crippen LogP contribution in [0.1, 0.15) is 17.2 Å². The summed E-state index contributed by atoms with van der Waals surface area (Å²) in [4.78, 5) is 4.93. The van der Waals surface area contributed by atoms with E-state index in [2.05, 4.69) is 70.5 Å². The summed E-state index contributed by atoms with van der Waals surface area (Å²) in [5.74, 6) is -0.176. The first kappa shape index (κ1) is 17.7. The topological polar surface area (TPSA) is 6.48 Å². The second-order valence-corrected chi connectivity index (χ2v) is 7.12. The first-order valence-electron chi connectivity index (χ1n) is 9.63. The maximum absolute atomic E-state index is 13.2. The van der Waals surface area contributed by atoms with Crippen LogP contribution in [0.25, 0.3) is 0 Å². The highest BCUT2D eigenvalue weighted by Crippen LogP contribution is 2.27. The molecular weight excluding hydrogens is 335 g/mol. The van der Waals surface area contributed by atoms with E-state index in [1.165, 1.54) is 11.1 Å². The molecule has 3 aromatic carbocycles. The van der Waals surface area contributed by atoms with Crippen LogP contribution in [0.3, 0.4) is 0 Å². The van der Waals surface area contributed by atoms with Crippen LogP contribution in [0, 0.1) is 5.82 Å². The van der Waals surface area contributed by atoms with Gasteiger partial charge in [0.25, 0.3) is 0 Å². The van der Waals surface area contributed by atoms with Crippen molar-refractivity contribution < 1.29 is 4.39 Å². The molecule has 0 N–H and O–H groups in total. The summed E-state index contributed by atoms with van der Waals surface area (Å²) >= 11 is 0. The molecule has 0 amide bonds. The molecule has 0 aromatic heterocycles. The number of piperazine rings is 1. The Bertz CT molecular complexity index is 825. The van der Waals surface area contributed by atoms with E-state index in [-0.39, 0.29) is 5.82 Å². The quantitative estimate of drug-likeness (QED) is 0.636. The SMILES string of the molecule is Fc1ccc(N2CCN(C(Cc3ccccc3)c3ccccc3)CC2)cc1. The lowest BCUT2D eigenvalue weighted by Gasteiger charge is -2.40. The van der Waals surface area contributed by atoms with E-state index in [9.17, 15) is 4.39 Å². The van der Waals surface area contributed by atoms with Crippen LogP contribution in [0.5, 0.6) is 0 Å². The molecule has 3 aromatic rings. The van der Waals surface area contributed by atoms with Gasteiger partial charge in [-0.25, -0.2) is 4.39 Å². The standard InChI is InChI=1S/C24H25FN2/c25-22-11-13-23(14-12-22)26-15-17-27(18-16-26)24(21-9-5-2-6-10-21)19-20-7-3-1-4-8-20/h1-14,24H,15-19H2. The average Bonchev–Trinajstić information content (AvgIpc) is 2.74. The van der Waals surface area contributed by atoms with Gasteiger partial charge in [0.1, 0.15) is 5.82 Å². The smallest absolute Gasteiger partial charge is 0.123 e. The van der Waals surface area contributed by atoms with Gasteiger partial charge in [0.2, 0.25) is 0 Å². The van der Waals surface area contributed by atoms with Crippen molar-refractivity contribution >= 4 is 5.69 Å². The lowest BCUT2D eigenvalue weighted by atomic mass is 9.96. The summed E-state index contributed by atoms with van der Waals surface area (Å²) in [5, 5.41) is 0. The average molecular weight is 360 g/mol. The Morgan fingerprint density at radius 2 is 1.30 bits per heavy atom. The number of benzene rings is 3. The maximum atomic E-state index is 13.2. The van der Waals surface area contributed by atoms with Gasteiger partial charge in [-0.15, -0.1) is 0 Å². The molecule has 1 fully saturated rings. The number of anilines is 1. The Morgan fingerprint density at radius 1 is 0.704 bits per heavy atom. The fourth-order valence-corrected chi connectivity index (χ4v) is 3.91. The minimum Gasteiger partial charge on any atom is -0.369 e. The van der Waals surface area contributed by atoms with E-state index < -0.39 is 0 Å². The van der Waals surface area contributed by atoms with Crippen LogP contribution in [-0.2, 0) is 6.42 Å². The van der Waals surface area contributed by atoms with E-state index in [0.717, 1.165) is 38.3 Å². The molecule has 1 atom stereocenters. The third kappa shape index (κ3) is 4.37. The van der Waals surface area contributed by atoms with Crippen LogP contribution in [0.4, 0.5) is 10.1 Å². The lowest BCUT2D eigenvalue weighted by molar-refractivity contribution is 0.184. The van der Waals surface area contributed by atoms with Gasteiger partial charge in [0, 0.05) is 37.9 Å². The second-order valence-electron chi connectivity index (χ2n) is 7.12. The highest BCUT2D eigenvalue weighted by atomic mass is 19.1. The number of hydrogen-bond acceptors (Lipinski definition) is 2. The van der Waals surface area contributed by atoms with Gasteiger partial charge in [-0.2, -0.15) is 0 Å². The highest BCUT2D eigenvalue weighted by Gasteiger charge is 2.25. The molecule has 1 heterocycles. The zero-order valence-electron chi connectivity index (χ0n) is 15.5. The van der Waals surface area contributed by atoms with Crippen molar-refractivity contribution in [1.82, 2.24) is 4.90 Å². The molecular formula is C24H25FN2. The zero-order valence-corrected chi connectivity index (χ0v) is 15.5. The minimum atomic E-state index is -0.176. The number of nitrogens with zero attached hydrogens (tertiary/aromatic N) is 2. The van der Waals surface area contributed by atoms with Crippen LogP contribution < -0.4 is 4.90 Å². The molecule has 27 heavy (non-hydrogen) atoms. The van der Waals surface area contributed by atoms with Crippen molar-refractivity contribution in [3.05, 3.63) is 102 Å². The van der Waals surface area contributed by atoms with E-state index in [1.54, 1.807) is 12.1 Å². The fourth-order valence-electron chi connectivity index (χ4n) is 3.91. The zero-order chi connectivity index (χ0) is 18.5. The van der Waals surface area contributed by atoms with Gasteiger partial charge in [0.15, 0.2) is 0 Å². The molecule has 138 valence electrons. The minimum absolute atomic E-state index is 0.176. The normalized spacial score (nSPS) is 16.3. The van der Waals surface area contributed by atoms with Gasteiger partial charge >= 0.3 is 0 Å². The Labute approximate surface area is 160 Å². The molecule has 0 spiro atoms. The molecule has 4 rings (SSSR count). The molecule has 3 heteroatoms. The highest BCUT2D eigenvalue weighted by molar-refractivity contribution is 5.46. The predicted octanol–water partition coefficient (Wildman–Crippen LogP) is 4.93. The molecule has 0 radical (unpaired) electrons. The van der Waals surface area contributed by atoms with Gasteiger partial charge in [0.05, 0.1) is 0 Å². The third-order valence-corrected chi connectivity index (χ3v) is 5.40. The molecule has 2 nitrogen and oxygen atoms in total. The van der Waals surface area contributed by atoms with Crippen molar-refractivity contribution in [2.24, 2.45) is 0 Å². The number of rotatable bonds is 5.